The third-order valence-corrected chi connectivity index (χ3v) is 3.72. The molecule has 0 N–H and O–H groups in total. The van der Waals surface area contributed by atoms with Gasteiger partial charge in [-0.25, -0.2) is 0 Å². The van der Waals surface area contributed by atoms with Crippen molar-refractivity contribution >= 4 is 11.6 Å². The third-order valence-electron chi connectivity index (χ3n) is 3.23. The molecule has 2 aromatic rings. The summed E-state index contributed by atoms with van der Waals surface area (Å²) in [5.41, 5.74) is 3.07. The predicted octanol–water partition coefficient (Wildman–Crippen LogP) is 5.65. The Morgan fingerprint density at radius 2 is 1.55 bits per heavy atom. The summed E-state index contributed by atoms with van der Waals surface area (Å²) in [6.07, 6.45) is -4.32. The lowest BCUT2D eigenvalue weighted by Gasteiger charge is -2.15. The van der Waals surface area contributed by atoms with Crippen molar-refractivity contribution in [3.05, 3.63) is 70.3 Å². The number of alkyl halides is 4. The molecule has 106 valence electrons. The lowest BCUT2D eigenvalue weighted by molar-refractivity contribution is -0.137. The van der Waals surface area contributed by atoms with Gasteiger partial charge in [-0.3, -0.25) is 0 Å². The van der Waals surface area contributed by atoms with Gasteiger partial charge in [0, 0.05) is 0 Å². The molecule has 0 heterocycles. The van der Waals surface area contributed by atoms with Crippen molar-refractivity contribution in [3.8, 4) is 0 Å². The number of hydrogen-bond donors (Lipinski definition) is 0. The fourth-order valence-corrected chi connectivity index (χ4v) is 2.52. The second-order valence-electron chi connectivity index (χ2n) is 4.84. The van der Waals surface area contributed by atoms with Gasteiger partial charge in [0.05, 0.1) is 10.9 Å². The van der Waals surface area contributed by atoms with Crippen molar-refractivity contribution < 1.29 is 13.2 Å². The van der Waals surface area contributed by atoms with Crippen LogP contribution in [-0.4, -0.2) is 0 Å². The zero-order chi connectivity index (χ0) is 14.9. The number of rotatable bonds is 2. The summed E-state index contributed by atoms with van der Waals surface area (Å²) in [5, 5.41) is -0.446. The zero-order valence-corrected chi connectivity index (χ0v) is 11.9. The average Bonchev–Trinajstić information content (AvgIpc) is 2.37. The Kier molecular flexibility index (Phi) is 4.09. The molecule has 4 heteroatoms. The molecular weight excluding hydrogens is 285 g/mol. The second kappa shape index (κ2) is 5.49. The summed E-state index contributed by atoms with van der Waals surface area (Å²) in [5.74, 6) is 0. The minimum atomic E-state index is -4.32. The Bertz CT molecular complexity index is 600. The van der Waals surface area contributed by atoms with Crippen LogP contribution in [0, 0.1) is 13.8 Å². The Morgan fingerprint density at radius 3 is 2.05 bits per heavy atom. The van der Waals surface area contributed by atoms with E-state index in [0.717, 1.165) is 28.8 Å². The zero-order valence-electron chi connectivity index (χ0n) is 11.1. The quantitative estimate of drug-likeness (QED) is 0.628. The minimum absolute atomic E-state index is 0.446. The lowest BCUT2D eigenvalue weighted by atomic mass is 9.98. The van der Waals surface area contributed by atoms with Crippen LogP contribution < -0.4 is 0 Å². The average molecular weight is 299 g/mol. The van der Waals surface area contributed by atoms with Gasteiger partial charge in [-0.2, -0.15) is 13.2 Å². The maximum Gasteiger partial charge on any atom is 0.416 e. The second-order valence-corrected chi connectivity index (χ2v) is 5.28. The number of aryl methyl sites for hydroxylation is 2. The van der Waals surface area contributed by atoms with E-state index in [4.69, 9.17) is 11.6 Å². The van der Waals surface area contributed by atoms with E-state index in [1.54, 1.807) is 0 Å². The van der Waals surface area contributed by atoms with Gasteiger partial charge in [0.2, 0.25) is 0 Å². The summed E-state index contributed by atoms with van der Waals surface area (Å²) < 4.78 is 37.6. The number of benzene rings is 2. The Morgan fingerprint density at radius 1 is 0.950 bits per heavy atom. The molecular formula is C16H14ClF3. The molecule has 0 spiro atoms. The standard InChI is InChI=1S/C16H14ClF3/c1-10-3-8-14(11(2)9-10)15(17)12-4-6-13(7-5-12)16(18,19)20/h3-9,15H,1-2H3. The fourth-order valence-electron chi connectivity index (χ4n) is 2.13. The molecule has 0 saturated heterocycles. The lowest BCUT2D eigenvalue weighted by Crippen LogP contribution is -2.05. The van der Waals surface area contributed by atoms with E-state index in [0.29, 0.717) is 5.56 Å². The third kappa shape index (κ3) is 3.15. The van der Waals surface area contributed by atoms with Crippen molar-refractivity contribution in [1.29, 1.82) is 0 Å². The van der Waals surface area contributed by atoms with E-state index in [9.17, 15) is 13.2 Å². The van der Waals surface area contributed by atoms with Gasteiger partial charge in [-0.15, -0.1) is 11.6 Å². The first kappa shape index (κ1) is 14.9. The van der Waals surface area contributed by atoms with Crippen LogP contribution in [0.5, 0.6) is 0 Å². The van der Waals surface area contributed by atoms with E-state index < -0.39 is 17.1 Å². The Balaban J connectivity index is 2.31. The highest BCUT2D eigenvalue weighted by molar-refractivity contribution is 6.22. The topological polar surface area (TPSA) is 0 Å². The Labute approximate surface area is 121 Å². The summed E-state index contributed by atoms with van der Waals surface area (Å²) in [6, 6.07) is 10.9. The SMILES string of the molecule is Cc1ccc(C(Cl)c2ccc(C(F)(F)F)cc2)c(C)c1. The first-order valence-electron chi connectivity index (χ1n) is 6.17. The highest BCUT2D eigenvalue weighted by atomic mass is 35.5. The molecule has 0 bridgehead atoms. The molecule has 2 rings (SSSR count). The molecule has 0 radical (unpaired) electrons. The van der Waals surface area contributed by atoms with Crippen LogP contribution in [0.3, 0.4) is 0 Å². The summed E-state index contributed by atoms with van der Waals surface area (Å²) in [6.45, 7) is 3.93. The smallest absolute Gasteiger partial charge is 0.166 e. The van der Waals surface area contributed by atoms with Gasteiger partial charge in [0.25, 0.3) is 0 Å². The van der Waals surface area contributed by atoms with Crippen LogP contribution in [0.15, 0.2) is 42.5 Å². The molecule has 0 aliphatic rings. The van der Waals surface area contributed by atoms with E-state index in [2.05, 4.69) is 0 Å². The highest BCUT2D eigenvalue weighted by Crippen LogP contribution is 2.34. The van der Waals surface area contributed by atoms with Gasteiger partial charge in [-0.05, 0) is 42.7 Å². The highest BCUT2D eigenvalue weighted by Gasteiger charge is 2.30. The molecule has 0 amide bonds. The van der Waals surface area contributed by atoms with Crippen molar-refractivity contribution in [2.75, 3.05) is 0 Å². The first-order chi connectivity index (χ1) is 9.29. The number of hydrogen-bond acceptors (Lipinski definition) is 0. The molecule has 0 aliphatic heterocycles. The maximum atomic E-state index is 12.5. The van der Waals surface area contributed by atoms with E-state index >= 15 is 0 Å². The molecule has 0 aromatic heterocycles. The maximum absolute atomic E-state index is 12.5. The minimum Gasteiger partial charge on any atom is -0.166 e. The van der Waals surface area contributed by atoms with Crippen molar-refractivity contribution in [1.82, 2.24) is 0 Å². The predicted molar refractivity (Wildman–Crippen MR) is 75.1 cm³/mol. The van der Waals surface area contributed by atoms with Gasteiger partial charge < -0.3 is 0 Å². The fraction of sp³-hybridized carbons (Fsp3) is 0.250. The van der Waals surface area contributed by atoms with Crippen molar-refractivity contribution in [2.45, 2.75) is 25.4 Å². The molecule has 2 aromatic carbocycles. The largest absolute Gasteiger partial charge is 0.416 e. The molecule has 0 saturated carbocycles. The first-order valence-corrected chi connectivity index (χ1v) is 6.61. The monoisotopic (exact) mass is 298 g/mol. The van der Waals surface area contributed by atoms with Crippen LogP contribution in [0.4, 0.5) is 13.2 Å². The van der Waals surface area contributed by atoms with E-state index in [-0.39, 0.29) is 0 Å². The van der Waals surface area contributed by atoms with Gasteiger partial charge >= 0.3 is 6.18 Å². The molecule has 20 heavy (non-hydrogen) atoms. The van der Waals surface area contributed by atoms with E-state index in [1.165, 1.54) is 12.1 Å². The van der Waals surface area contributed by atoms with E-state index in [1.807, 2.05) is 32.0 Å². The van der Waals surface area contributed by atoms with Crippen LogP contribution in [0.2, 0.25) is 0 Å². The van der Waals surface area contributed by atoms with Crippen LogP contribution in [0.25, 0.3) is 0 Å². The molecule has 0 aliphatic carbocycles. The van der Waals surface area contributed by atoms with Crippen LogP contribution in [0.1, 0.15) is 33.2 Å². The van der Waals surface area contributed by atoms with Crippen LogP contribution >= 0.6 is 11.6 Å². The van der Waals surface area contributed by atoms with Gasteiger partial charge in [0.1, 0.15) is 0 Å². The van der Waals surface area contributed by atoms with Crippen molar-refractivity contribution in [3.63, 3.8) is 0 Å². The summed E-state index contributed by atoms with van der Waals surface area (Å²) in [7, 11) is 0. The Hall–Kier alpha value is -1.48. The summed E-state index contributed by atoms with van der Waals surface area (Å²) >= 11 is 6.37. The molecule has 1 unspecified atom stereocenters. The van der Waals surface area contributed by atoms with Gasteiger partial charge in [0.15, 0.2) is 0 Å². The normalized spacial score (nSPS) is 13.3. The number of halogens is 4. The molecule has 0 nitrogen and oxygen atoms in total. The van der Waals surface area contributed by atoms with Crippen molar-refractivity contribution in [2.24, 2.45) is 0 Å². The molecule has 1 atom stereocenters. The van der Waals surface area contributed by atoms with Crippen LogP contribution in [-0.2, 0) is 6.18 Å². The summed E-state index contributed by atoms with van der Waals surface area (Å²) in [4.78, 5) is 0. The molecule has 0 fully saturated rings. The van der Waals surface area contributed by atoms with Gasteiger partial charge in [-0.1, -0.05) is 35.9 Å².